The fraction of sp³-hybridized carbons (Fsp3) is 0.583. The van der Waals surface area contributed by atoms with Crippen molar-refractivity contribution in [1.29, 1.82) is 0 Å². The molecular formula is C12H21N3. The first-order valence-electron chi connectivity index (χ1n) is 5.41. The quantitative estimate of drug-likeness (QED) is 0.793. The summed E-state index contributed by atoms with van der Waals surface area (Å²) in [6.07, 6.45) is 3.73. The van der Waals surface area contributed by atoms with Crippen molar-refractivity contribution in [3.63, 3.8) is 0 Å². The zero-order valence-corrected chi connectivity index (χ0v) is 10.1. The maximum atomic E-state index is 4.12. The summed E-state index contributed by atoms with van der Waals surface area (Å²) in [6.45, 7) is 5.38. The molecule has 15 heavy (non-hydrogen) atoms. The van der Waals surface area contributed by atoms with E-state index in [0.29, 0.717) is 12.1 Å². The molecule has 0 aliphatic rings. The smallest absolute Gasteiger partial charge is 0.0312 e. The molecule has 1 aromatic heterocycles. The zero-order chi connectivity index (χ0) is 11.3. The van der Waals surface area contributed by atoms with Crippen molar-refractivity contribution in [2.75, 3.05) is 14.1 Å². The molecule has 0 bridgehead atoms. The highest BCUT2D eigenvalue weighted by molar-refractivity contribution is 5.08. The lowest BCUT2D eigenvalue weighted by Crippen LogP contribution is -2.43. The molecule has 1 N–H and O–H groups in total. The Kier molecular flexibility index (Phi) is 4.72. The van der Waals surface area contributed by atoms with Gasteiger partial charge in [-0.2, -0.15) is 0 Å². The summed E-state index contributed by atoms with van der Waals surface area (Å²) in [4.78, 5) is 6.45. The van der Waals surface area contributed by atoms with Crippen LogP contribution < -0.4 is 5.32 Å². The molecule has 84 valence electrons. The SMILES string of the molecule is CNC(C)C(C)N(C)Cc1cccnc1. The molecule has 0 saturated carbocycles. The average Bonchev–Trinajstić information content (AvgIpc) is 2.28. The summed E-state index contributed by atoms with van der Waals surface area (Å²) in [5, 5.41) is 3.27. The van der Waals surface area contributed by atoms with E-state index in [2.05, 4.69) is 42.2 Å². The van der Waals surface area contributed by atoms with Crippen molar-refractivity contribution in [2.45, 2.75) is 32.5 Å². The van der Waals surface area contributed by atoms with Crippen LogP contribution in [-0.2, 0) is 6.54 Å². The molecule has 3 heteroatoms. The largest absolute Gasteiger partial charge is 0.316 e. The number of nitrogens with zero attached hydrogens (tertiary/aromatic N) is 2. The molecule has 0 aliphatic heterocycles. The van der Waals surface area contributed by atoms with Crippen LogP contribution in [0.2, 0.25) is 0 Å². The first kappa shape index (κ1) is 12.1. The van der Waals surface area contributed by atoms with E-state index in [0.717, 1.165) is 6.54 Å². The molecule has 0 amide bonds. The molecule has 0 aliphatic carbocycles. The predicted molar refractivity (Wildman–Crippen MR) is 63.7 cm³/mol. The van der Waals surface area contributed by atoms with E-state index in [1.807, 2.05) is 25.5 Å². The first-order chi connectivity index (χ1) is 7.15. The lowest BCUT2D eigenvalue weighted by atomic mass is 10.1. The van der Waals surface area contributed by atoms with Gasteiger partial charge in [0.15, 0.2) is 0 Å². The minimum absolute atomic E-state index is 0.492. The van der Waals surface area contributed by atoms with Crippen LogP contribution >= 0.6 is 0 Å². The lowest BCUT2D eigenvalue weighted by molar-refractivity contribution is 0.211. The molecule has 0 fully saturated rings. The van der Waals surface area contributed by atoms with Crippen LogP contribution in [0.1, 0.15) is 19.4 Å². The molecule has 1 aromatic rings. The second-order valence-corrected chi connectivity index (χ2v) is 4.09. The van der Waals surface area contributed by atoms with Crippen molar-refractivity contribution in [3.8, 4) is 0 Å². The van der Waals surface area contributed by atoms with Gasteiger partial charge in [-0.25, -0.2) is 0 Å². The van der Waals surface area contributed by atoms with Crippen LogP contribution in [-0.4, -0.2) is 36.1 Å². The Hall–Kier alpha value is -0.930. The van der Waals surface area contributed by atoms with Crippen LogP contribution in [0.15, 0.2) is 24.5 Å². The minimum atomic E-state index is 0.492. The van der Waals surface area contributed by atoms with E-state index >= 15 is 0 Å². The van der Waals surface area contributed by atoms with E-state index in [-0.39, 0.29) is 0 Å². The van der Waals surface area contributed by atoms with Crippen LogP contribution in [0, 0.1) is 0 Å². The molecule has 0 saturated heterocycles. The Bertz CT molecular complexity index is 273. The number of hydrogen-bond acceptors (Lipinski definition) is 3. The van der Waals surface area contributed by atoms with Gasteiger partial charge in [0, 0.05) is 31.0 Å². The van der Waals surface area contributed by atoms with Gasteiger partial charge in [-0.05, 0) is 39.6 Å². The number of pyridine rings is 1. The number of hydrogen-bond donors (Lipinski definition) is 1. The molecule has 2 atom stereocenters. The lowest BCUT2D eigenvalue weighted by Gasteiger charge is -2.29. The Balaban J connectivity index is 2.52. The van der Waals surface area contributed by atoms with Gasteiger partial charge in [0.25, 0.3) is 0 Å². The van der Waals surface area contributed by atoms with Gasteiger partial charge in [-0.15, -0.1) is 0 Å². The highest BCUT2D eigenvalue weighted by Gasteiger charge is 2.15. The number of nitrogens with one attached hydrogen (secondary N) is 1. The molecule has 0 spiro atoms. The fourth-order valence-corrected chi connectivity index (χ4v) is 1.55. The molecule has 1 heterocycles. The molecule has 2 unspecified atom stereocenters. The second kappa shape index (κ2) is 5.83. The highest BCUT2D eigenvalue weighted by Crippen LogP contribution is 2.07. The van der Waals surface area contributed by atoms with E-state index in [9.17, 15) is 0 Å². The first-order valence-corrected chi connectivity index (χ1v) is 5.41. The summed E-state index contributed by atoms with van der Waals surface area (Å²) in [7, 11) is 4.14. The number of likely N-dealkylation sites (N-methyl/N-ethyl adjacent to an activating group) is 2. The molecule has 3 nitrogen and oxygen atoms in total. The third kappa shape index (κ3) is 3.61. The fourth-order valence-electron chi connectivity index (χ4n) is 1.55. The Morgan fingerprint density at radius 3 is 2.73 bits per heavy atom. The minimum Gasteiger partial charge on any atom is -0.316 e. The van der Waals surface area contributed by atoms with E-state index < -0.39 is 0 Å². The zero-order valence-electron chi connectivity index (χ0n) is 10.1. The standard InChI is InChI=1S/C12H21N3/c1-10(13-3)11(2)15(4)9-12-6-5-7-14-8-12/h5-8,10-11,13H,9H2,1-4H3. The monoisotopic (exact) mass is 207 g/mol. The topological polar surface area (TPSA) is 28.2 Å². The van der Waals surface area contributed by atoms with Gasteiger partial charge in [0.05, 0.1) is 0 Å². The molecule has 0 aromatic carbocycles. The van der Waals surface area contributed by atoms with Crippen molar-refractivity contribution in [3.05, 3.63) is 30.1 Å². The molecular weight excluding hydrogens is 186 g/mol. The predicted octanol–water partition coefficient (Wildman–Crippen LogP) is 1.51. The van der Waals surface area contributed by atoms with Gasteiger partial charge < -0.3 is 5.32 Å². The van der Waals surface area contributed by atoms with Crippen LogP contribution in [0.5, 0.6) is 0 Å². The van der Waals surface area contributed by atoms with Crippen LogP contribution in [0.25, 0.3) is 0 Å². The van der Waals surface area contributed by atoms with Gasteiger partial charge in [0.2, 0.25) is 0 Å². The van der Waals surface area contributed by atoms with Gasteiger partial charge >= 0.3 is 0 Å². The highest BCUT2D eigenvalue weighted by atomic mass is 15.2. The summed E-state index contributed by atoms with van der Waals surface area (Å²) in [6, 6.07) is 5.09. The summed E-state index contributed by atoms with van der Waals surface area (Å²) in [5.74, 6) is 0. The molecule has 0 radical (unpaired) electrons. The van der Waals surface area contributed by atoms with E-state index in [1.54, 1.807) is 0 Å². The van der Waals surface area contributed by atoms with Gasteiger partial charge in [-0.3, -0.25) is 9.88 Å². The third-order valence-electron chi connectivity index (χ3n) is 3.03. The summed E-state index contributed by atoms with van der Waals surface area (Å²) >= 11 is 0. The Morgan fingerprint density at radius 1 is 1.47 bits per heavy atom. The Labute approximate surface area is 92.5 Å². The van der Waals surface area contributed by atoms with Gasteiger partial charge in [-0.1, -0.05) is 6.07 Å². The summed E-state index contributed by atoms with van der Waals surface area (Å²) in [5.41, 5.74) is 1.26. The van der Waals surface area contributed by atoms with Crippen molar-refractivity contribution in [2.24, 2.45) is 0 Å². The maximum Gasteiger partial charge on any atom is 0.0312 e. The van der Waals surface area contributed by atoms with Crippen molar-refractivity contribution in [1.82, 2.24) is 15.2 Å². The number of aromatic nitrogens is 1. The average molecular weight is 207 g/mol. The Morgan fingerprint density at radius 2 is 2.20 bits per heavy atom. The maximum absolute atomic E-state index is 4.12. The summed E-state index contributed by atoms with van der Waals surface area (Å²) < 4.78 is 0. The van der Waals surface area contributed by atoms with Crippen LogP contribution in [0.3, 0.4) is 0 Å². The molecule has 1 rings (SSSR count). The van der Waals surface area contributed by atoms with Gasteiger partial charge in [0.1, 0.15) is 0 Å². The van der Waals surface area contributed by atoms with Crippen molar-refractivity contribution < 1.29 is 0 Å². The van der Waals surface area contributed by atoms with E-state index in [1.165, 1.54) is 5.56 Å². The van der Waals surface area contributed by atoms with E-state index in [4.69, 9.17) is 0 Å². The second-order valence-electron chi connectivity index (χ2n) is 4.09. The van der Waals surface area contributed by atoms with Crippen molar-refractivity contribution >= 4 is 0 Å². The third-order valence-corrected chi connectivity index (χ3v) is 3.03. The number of rotatable bonds is 5. The van der Waals surface area contributed by atoms with Crippen LogP contribution in [0.4, 0.5) is 0 Å². The normalized spacial score (nSPS) is 15.3.